The SMILES string of the molecule is CC1(C)OC(C)(C)C(O)=C(c2cc(Oc3nc4cc(Cl)ccc4s3)ccc2C2CC2)C1=O. The normalized spacial score (nSPS) is 20.1. The fourth-order valence-corrected chi connectivity index (χ4v) is 5.26. The monoisotopic (exact) mass is 469 g/mol. The van der Waals surface area contributed by atoms with E-state index in [1.54, 1.807) is 33.8 Å². The molecule has 3 aromatic rings. The molecule has 0 atom stereocenters. The first-order valence-electron chi connectivity index (χ1n) is 10.6. The topological polar surface area (TPSA) is 68.7 Å². The molecule has 2 aromatic carbocycles. The molecule has 1 saturated carbocycles. The van der Waals surface area contributed by atoms with Crippen LogP contribution in [0.4, 0.5) is 0 Å². The fourth-order valence-electron chi connectivity index (χ4n) is 4.28. The lowest BCUT2D eigenvalue weighted by molar-refractivity contribution is -0.158. The van der Waals surface area contributed by atoms with E-state index >= 15 is 0 Å². The van der Waals surface area contributed by atoms with Gasteiger partial charge in [-0.3, -0.25) is 4.79 Å². The predicted molar refractivity (Wildman–Crippen MR) is 127 cm³/mol. The van der Waals surface area contributed by atoms with Gasteiger partial charge in [0.05, 0.1) is 15.8 Å². The Kier molecular flexibility index (Phi) is 4.89. The van der Waals surface area contributed by atoms with Gasteiger partial charge in [0.25, 0.3) is 5.19 Å². The van der Waals surface area contributed by atoms with Crippen LogP contribution in [-0.4, -0.2) is 27.1 Å². The number of fused-ring (bicyclic) bond motifs is 1. The van der Waals surface area contributed by atoms with E-state index in [4.69, 9.17) is 21.1 Å². The number of hydrogen-bond donors (Lipinski definition) is 1. The molecule has 0 spiro atoms. The summed E-state index contributed by atoms with van der Waals surface area (Å²) in [7, 11) is 0. The Morgan fingerprint density at radius 2 is 1.88 bits per heavy atom. The highest BCUT2D eigenvalue weighted by Crippen LogP contribution is 2.48. The van der Waals surface area contributed by atoms with E-state index in [9.17, 15) is 9.90 Å². The average molecular weight is 470 g/mol. The fraction of sp³-hybridized carbons (Fsp3) is 0.360. The van der Waals surface area contributed by atoms with Crippen LogP contribution in [0.1, 0.15) is 57.6 Å². The number of rotatable bonds is 4. The van der Waals surface area contributed by atoms with Gasteiger partial charge in [-0.25, -0.2) is 4.98 Å². The molecule has 1 fully saturated rings. The smallest absolute Gasteiger partial charge is 0.279 e. The highest BCUT2D eigenvalue weighted by Gasteiger charge is 2.48. The number of carbonyl (C=O) groups excluding carboxylic acids is 1. The molecule has 0 bridgehead atoms. The highest BCUT2D eigenvalue weighted by molar-refractivity contribution is 7.20. The molecule has 2 aliphatic rings. The summed E-state index contributed by atoms with van der Waals surface area (Å²) in [5.74, 6) is 0.661. The highest BCUT2D eigenvalue weighted by atomic mass is 35.5. The van der Waals surface area contributed by atoms with Crippen molar-refractivity contribution in [2.75, 3.05) is 0 Å². The number of aromatic nitrogens is 1. The standard InChI is InChI=1S/C25H24ClNO4S/c1-24(2)21(28)20(22(29)25(3,4)31-24)17-12-15(8-9-16(17)13-5-6-13)30-23-27-18-11-14(26)7-10-19(18)32-23/h7-13,28H,5-6H2,1-4H3. The second-order valence-electron chi connectivity index (χ2n) is 9.39. The van der Waals surface area contributed by atoms with Gasteiger partial charge in [-0.2, -0.15) is 0 Å². The van der Waals surface area contributed by atoms with Crippen molar-refractivity contribution in [3.05, 3.63) is 58.3 Å². The summed E-state index contributed by atoms with van der Waals surface area (Å²) in [6, 6.07) is 11.3. The lowest BCUT2D eigenvalue weighted by atomic mass is 9.81. The second-order valence-corrected chi connectivity index (χ2v) is 10.8. The number of thiazole rings is 1. The summed E-state index contributed by atoms with van der Waals surface area (Å²) in [4.78, 5) is 17.9. The van der Waals surface area contributed by atoms with Crippen molar-refractivity contribution < 1.29 is 19.4 Å². The second kappa shape index (κ2) is 7.30. The van der Waals surface area contributed by atoms with Crippen LogP contribution in [0.5, 0.6) is 10.9 Å². The Labute approximate surface area is 195 Å². The number of aliphatic hydroxyl groups excluding tert-OH is 1. The van der Waals surface area contributed by atoms with Crippen LogP contribution in [0.15, 0.2) is 42.2 Å². The summed E-state index contributed by atoms with van der Waals surface area (Å²) in [5.41, 5.74) is 0.828. The van der Waals surface area contributed by atoms with Crippen molar-refractivity contribution in [2.45, 2.75) is 57.7 Å². The number of ketones is 1. The van der Waals surface area contributed by atoms with Gasteiger partial charge in [0.1, 0.15) is 22.7 Å². The van der Waals surface area contributed by atoms with Crippen LogP contribution >= 0.6 is 22.9 Å². The Morgan fingerprint density at radius 1 is 1.12 bits per heavy atom. The zero-order valence-corrected chi connectivity index (χ0v) is 19.9. The van der Waals surface area contributed by atoms with Crippen LogP contribution in [-0.2, 0) is 9.53 Å². The minimum atomic E-state index is -1.05. The van der Waals surface area contributed by atoms with Gasteiger partial charge < -0.3 is 14.6 Å². The summed E-state index contributed by atoms with van der Waals surface area (Å²) < 4.78 is 13.0. The number of hydrogen-bond acceptors (Lipinski definition) is 6. The predicted octanol–water partition coefficient (Wildman–Crippen LogP) is 7.05. The third kappa shape index (κ3) is 3.70. The molecular weight excluding hydrogens is 446 g/mol. The summed E-state index contributed by atoms with van der Waals surface area (Å²) >= 11 is 7.50. The first-order chi connectivity index (χ1) is 15.0. The molecule has 1 aromatic heterocycles. The van der Waals surface area contributed by atoms with E-state index in [1.165, 1.54) is 11.3 Å². The molecule has 7 heteroatoms. The molecule has 0 unspecified atom stereocenters. The molecule has 1 aliphatic carbocycles. The molecule has 1 N–H and O–H groups in total. The van der Waals surface area contributed by atoms with Crippen molar-refractivity contribution in [3.63, 3.8) is 0 Å². The van der Waals surface area contributed by atoms with Crippen molar-refractivity contribution >= 4 is 44.5 Å². The Morgan fingerprint density at radius 3 is 2.59 bits per heavy atom. The zero-order chi connectivity index (χ0) is 22.8. The summed E-state index contributed by atoms with van der Waals surface area (Å²) in [5, 5.41) is 12.2. The molecule has 5 rings (SSSR count). The van der Waals surface area contributed by atoms with Crippen LogP contribution in [0.2, 0.25) is 5.02 Å². The Hall–Kier alpha value is -2.41. The molecule has 1 aliphatic heterocycles. The molecule has 5 nitrogen and oxygen atoms in total. The number of aliphatic hydroxyl groups is 1. The molecular formula is C25H24ClNO4S. The van der Waals surface area contributed by atoms with E-state index in [-0.39, 0.29) is 11.5 Å². The van der Waals surface area contributed by atoms with E-state index in [1.807, 2.05) is 30.3 Å². The summed E-state index contributed by atoms with van der Waals surface area (Å²) in [6.45, 7) is 7.04. The van der Waals surface area contributed by atoms with Crippen molar-refractivity contribution in [1.82, 2.24) is 4.98 Å². The van der Waals surface area contributed by atoms with Crippen molar-refractivity contribution in [1.29, 1.82) is 0 Å². The first kappa shape index (κ1) is 21.4. The lowest BCUT2D eigenvalue weighted by Gasteiger charge is -2.40. The number of Topliss-reactive ketones (excluding diaryl/α,β-unsaturated/α-hetero) is 1. The quantitative estimate of drug-likeness (QED) is 0.443. The minimum absolute atomic E-state index is 0.0458. The maximum atomic E-state index is 13.4. The number of benzene rings is 2. The van der Waals surface area contributed by atoms with Gasteiger partial charge in [0, 0.05) is 5.02 Å². The van der Waals surface area contributed by atoms with Crippen molar-refractivity contribution in [3.8, 4) is 10.9 Å². The van der Waals surface area contributed by atoms with Crippen LogP contribution in [0, 0.1) is 0 Å². The Bertz CT molecular complexity index is 1290. The van der Waals surface area contributed by atoms with Crippen LogP contribution in [0.25, 0.3) is 15.8 Å². The lowest BCUT2D eigenvalue weighted by Crippen LogP contribution is -2.49. The number of halogens is 1. The largest absolute Gasteiger partial charge is 0.508 e. The van der Waals surface area contributed by atoms with Gasteiger partial charge in [-0.1, -0.05) is 29.0 Å². The molecule has 0 saturated heterocycles. The third-order valence-corrected chi connectivity index (χ3v) is 7.09. The van der Waals surface area contributed by atoms with Gasteiger partial charge in [0.2, 0.25) is 0 Å². The molecule has 0 amide bonds. The Balaban J connectivity index is 1.60. The molecule has 166 valence electrons. The molecule has 32 heavy (non-hydrogen) atoms. The maximum Gasteiger partial charge on any atom is 0.279 e. The number of carbonyl (C=O) groups is 1. The molecule has 0 radical (unpaired) electrons. The van der Waals surface area contributed by atoms with Crippen LogP contribution in [0.3, 0.4) is 0 Å². The first-order valence-corrected chi connectivity index (χ1v) is 11.8. The van der Waals surface area contributed by atoms with Gasteiger partial charge >= 0.3 is 0 Å². The van der Waals surface area contributed by atoms with Crippen LogP contribution < -0.4 is 4.74 Å². The van der Waals surface area contributed by atoms with Crippen molar-refractivity contribution in [2.24, 2.45) is 0 Å². The average Bonchev–Trinajstić information content (AvgIpc) is 3.47. The summed E-state index contributed by atoms with van der Waals surface area (Å²) in [6.07, 6.45) is 2.13. The van der Waals surface area contributed by atoms with Gasteiger partial charge in [0.15, 0.2) is 5.78 Å². The van der Waals surface area contributed by atoms with E-state index in [0.29, 0.717) is 33.0 Å². The van der Waals surface area contributed by atoms with Gasteiger partial charge in [-0.05, 0) is 87.9 Å². The minimum Gasteiger partial charge on any atom is -0.508 e. The number of nitrogens with zero attached hydrogens (tertiary/aromatic N) is 1. The van der Waals surface area contributed by atoms with E-state index in [2.05, 4.69) is 4.98 Å². The maximum absolute atomic E-state index is 13.4. The zero-order valence-electron chi connectivity index (χ0n) is 18.4. The van der Waals surface area contributed by atoms with Gasteiger partial charge in [-0.15, -0.1) is 0 Å². The third-order valence-electron chi connectivity index (χ3n) is 5.94. The van der Waals surface area contributed by atoms with E-state index < -0.39 is 11.2 Å². The van der Waals surface area contributed by atoms with E-state index in [0.717, 1.165) is 28.6 Å². The number of ether oxygens (including phenoxy) is 2. The molecule has 2 heterocycles.